The van der Waals surface area contributed by atoms with Crippen molar-refractivity contribution in [1.82, 2.24) is 9.88 Å². The maximum atomic E-state index is 9.26. The number of aromatic nitrogens is 1. The van der Waals surface area contributed by atoms with E-state index in [1.165, 1.54) is 41.5 Å². The summed E-state index contributed by atoms with van der Waals surface area (Å²) in [6.45, 7) is 3.51. The molecule has 0 unspecified atom stereocenters. The standard InChI is InChI=1S/C24H28N2O/c27-18-19-9-10-23-22(17-25-24(23)16-19)8-4-5-13-26-14-11-21(12-15-26)20-6-2-1-3-7-20/h1-3,6-7,9-11,16-17,25,27H,4-5,8,12-15,18H2. The molecule has 0 atom stereocenters. The maximum Gasteiger partial charge on any atom is 0.0682 e. The van der Waals surface area contributed by atoms with Crippen LogP contribution in [-0.2, 0) is 13.0 Å². The topological polar surface area (TPSA) is 39.3 Å². The molecule has 2 heterocycles. The van der Waals surface area contributed by atoms with Gasteiger partial charge in [0.05, 0.1) is 6.61 Å². The SMILES string of the molecule is OCc1ccc2c(CCCCN3CC=C(c4ccccc4)CC3)c[nH]c2c1. The summed E-state index contributed by atoms with van der Waals surface area (Å²) in [5, 5.41) is 10.6. The Labute approximate surface area is 161 Å². The van der Waals surface area contributed by atoms with Gasteiger partial charge in [-0.2, -0.15) is 0 Å². The molecular weight excluding hydrogens is 332 g/mol. The first-order valence-electron chi connectivity index (χ1n) is 10.00. The van der Waals surface area contributed by atoms with Crippen molar-refractivity contribution in [3.05, 3.63) is 77.5 Å². The van der Waals surface area contributed by atoms with Gasteiger partial charge in [-0.3, -0.25) is 4.90 Å². The van der Waals surface area contributed by atoms with Crippen LogP contribution in [0.25, 0.3) is 16.5 Å². The molecule has 2 N–H and O–H groups in total. The van der Waals surface area contributed by atoms with Crippen molar-refractivity contribution in [1.29, 1.82) is 0 Å². The molecule has 1 aliphatic rings. The van der Waals surface area contributed by atoms with Gasteiger partial charge in [-0.15, -0.1) is 0 Å². The lowest BCUT2D eigenvalue weighted by atomic mass is 9.99. The summed E-state index contributed by atoms with van der Waals surface area (Å²) in [5.74, 6) is 0. The molecule has 0 saturated heterocycles. The van der Waals surface area contributed by atoms with Crippen molar-refractivity contribution in [2.75, 3.05) is 19.6 Å². The fraction of sp³-hybridized carbons (Fsp3) is 0.333. The Bertz CT molecular complexity index is 911. The number of aromatic amines is 1. The molecule has 0 bridgehead atoms. The molecule has 1 aliphatic heterocycles. The third-order valence-corrected chi connectivity index (χ3v) is 5.62. The number of aliphatic hydroxyl groups excluding tert-OH is 1. The zero-order valence-electron chi connectivity index (χ0n) is 15.8. The molecule has 27 heavy (non-hydrogen) atoms. The van der Waals surface area contributed by atoms with E-state index in [4.69, 9.17) is 0 Å². The summed E-state index contributed by atoms with van der Waals surface area (Å²) in [5.41, 5.74) is 6.35. The minimum atomic E-state index is 0.0978. The van der Waals surface area contributed by atoms with Crippen LogP contribution in [0.15, 0.2) is 60.8 Å². The summed E-state index contributed by atoms with van der Waals surface area (Å²) >= 11 is 0. The number of hydrogen-bond donors (Lipinski definition) is 2. The van der Waals surface area contributed by atoms with Crippen molar-refractivity contribution in [3.63, 3.8) is 0 Å². The molecule has 0 aliphatic carbocycles. The van der Waals surface area contributed by atoms with Crippen LogP contribution in [0.2, 0.25) is 0 Å². The van der Waals surface area contributed by atoms with Crippen molar-refractivity contribution < 1.29 is 5.11 Å². The lowest BCUT2D eigenvalue weighted by Gasteiger charge is -2.26. The summed E-state index contributed by atoms with van der Waals surface area (Å²) < 4.78 is 0. The van der Waals surface area contributed by atoms with Crippen LogP contribution in [0, 0.1) is 0 Å². The number of unbranched alkanes of at least 4 members (excludes halogenated alkanes) is 1. The van der Waals surface area contributed by atoms with Crippen LogP contribution in [-0.4, -0.2) is 34.6 Å². The van der Waals surface area contributed by atoms with Gasteiger partial charge >= 0.3 is 0 Å². The van der Waals surface area contributed by atoms with E-state index in [1.807, 2.05) is 12.1 Å². The molecule has 0 radical (unpaired) electrons. The molecule has 1 aromatic heterocycles. The average Bonchev–Trinajstić information content (AvgIpc) is 3.14. The fourth-order valence-electron chi connectivity index (χ4n) is 4.02. The highest BCUT2D eigenvalue weighted by molar-refractivity contribution is 5.83. The molecule has 0 spiro atoms. The second kappa shape index (κ2) is 8.55. The Balaban J connectivity index is 1.25. The average molecular weight is 361 g/mol. The molecule has 0 saturated carbocycles. The molecule has 3 nitrogen and oxygen atoms in total. The second-order valence-electron chi connectivity index (χ2n) is 7.46. The van der Waals surface area contributed by atoms with Gasteiger partial charge in [0.15, 0.2) is 0 Å². The predicted molar refractivity (Wildman–Crippen MR) is 113 cm³/mol. The van der Waals surface area contributed by atoms with Crippen molar-refractivity contribution in [2.24, 2.45) is 0 Å². The van der Waals surface area contributed by atoms with Crippen LogP contribution in [0.4, 0.5) is 0 Å². The van der Waals surface area contributed by atoms with Crippen molar-refractivity contribution in [2.45, 2.75) is 32.3 Å². The predicted octanol–water partition coefficient (Wildman–Crippen LogP) is 4.77. The molecule has 2 aromatic carbocycles. The Morgan fingerprint density at radius 2 is 1.93 bits per heavy atom. The molecule has 3 aromatic rings. The third kappa shape index (κ3) is 4.32. The first-order chi connectivity index (χ1) is 13.3. The minimum absolute atomic E-state index is 0.0978. The normalized spacial score (nSPS) is 15.2. The largest absolute Gasteiger partial charge is 0.392 e. The first-order valence-corrected chi connectivity index (χ1v) is 10.00. The minimum Gasteiger partial charge on any atom is -0.392 e. The van der Waals surface area contributed by atoms with E-state index in [0.29, 0.717) is 0 Å². The summed E-state index contributed by atoms with van der Waals surface area (Å²) in [6, 6.07) is 17.0. The molecule has 0 amide bonds. The van der Waals surface area contributed by atoms with Gasteiger partial charge in [0, 0.05) is 30.2 Å². The Hall–Kier alpha value is -2.36. The summed E-state index contributed by atoms with van der Waals surface area (Å²) in [7, 11) is 0. The maximum absolute atomic E-state index is 9.26. The second-order valence-corrected chi connectivity index (χ2v) is 7.46. The highest BCUT2D eigenvalue weighted by atomic mass is 16.3. The molecule has 140 valence electrons. The van der Waals surface area contributed by atoms with E-state index < -0.39 is 0 Å². The quantitative estimate of drug-likeness (QED) is 0.596. The van der Waals surface area contributed by atoms with Crippen LogP contribution in [0.1, 0.15) is 36.0 Å². The molecule has 4 rings (SSSR count). The number of benzene rings is 2. The van der Waals surface area contributed by atoms with Gasteiger partial charge in [-0.05, 0) is 60.6 Å². The zero-order valence-corrected chi connectivity index (χ0v) is 15.8. The zero-order chi connectivity index (χ0) is 18.5. The Kier molecular flexibility index (Phi) is 5.71. The lowest BCUT2D eigenvalue weighted by Crippen LogP contribution is -2.29. The van der Waals surface area contributed by atoms with Gasteiger partial charge < -0.3 is 10.1 Å². The van der Waals surface area contributed by atoms with E-state index in [-0.39, 0.29) is 6.61 Å². The van der Waals surface area contributed by atoms with Gasteiger partial charge in [0.25, 0.3) is 0 Å². The van der Waals surface area contributed by atoms with Gasteiger partial charge in [-0.1, -0.05) is 48.5 Å². The van der Waals surface area contributed by atoms with E-state index in [0.717, 1.165) is 37.0 Å². The smallest absolute Gasteiger partial charge is 0.0682 e. The van der Waals surface area contributed by atoms with Gasteiger partial charge in [0.1, 0.15) is 0 Å². The number of hydrogen-bond acceptors (Lipinski definition) is 2. The van der Waals surface area contributed by atoms with E-state index in [2.05, 4.69) is 58.6 Å². The van der Waals surface area contributed by atoms with Crippen molar-refractivity contribution in [3.8, 4) is 0 Å². The monoisotopic (exact) mass is 360 g/mol. The van der Waals surface area contributed by atoms with Crippen LogP contribution in [0.5, 0.6) is 0 Å². The number of nitrogens with zero attached hydrogens (tertiary/aromatic N) is 1. The molecule has 0 fully saturated rings. The summed E-state index contributed by atoms with van der Waals surface area (Å²) in [4.78, 5) is 5.91. The number of aliphatic hydroxyl groups is 1. The molecular formula is C24H28N2O. The Morgan fingerprint density at radius 1 is 1.04 bits per heavy atom. The van der Waals surface area contributed by atoms with Crippen LogP contribution < -0.4 is 0 Å². The number of rotatable bonds is 7. The number of H-pyrrole nitrogens is 1. The number of fused-ring (bicyclic) bond motifs is 1. The first kappa shape index (κ1) is 18.0. The van der Waals surface area contributed by atoms with E-state index in [9.17, 15) is 5.11 Å². The van der Waals surface area contributed by atoms with E-state index in [1.54, 1.807) is 0 Å². The highest BCUT2D eigenvalue weighted by Gasteiger charge is 2.12. The number of nitrogens with one attached hydrogen (secondary N) is 1. The Morgan fingerprint density at radius 3 is 2.70 bits per heavy atom. The van der Waals surface area contributed by atoms with Gasteiger partial charge in [-0.25, -0.2) is 0 Å². The van der Waals surface area contributed by atoms with E-state index >= 15 is 0 Å². The summed E-state index contributed by atoms with van der Waals surface area (Å²) in [6.07, 6.45) is 9.23. The number of aryl methyl sites for hydroxylation is 1. The third-order valence-electron chi connectivity index (χ3n) is 5.62. The van der Waals surface area contributed by atoms with Crippen LogP contribution >= 0.6 is 0 Å². The highest BCUT2D eigenvalue weighted by Crippen LogP contribution is 2.23. The van der Waals surface area contributed by atoms with Gasteiger partial charge in [0.2, 0.25) is 0 Å². The van der Waals surface area contributed by atoms with Crippen LogP contribution in [0.3, 0.4) is 0 Å². The fourth-order valence-corrected chi connectivity index (χ4v) is 4.02. The molecule has 3 heteroatoms. The lowest BCUT2D eigenvalue weighted by molar-refractivity contribution is 0.282. The van der Waals surface area contributed by atoms with Crippen molar-refractivity contribution >= 4 is 16.5 Å².